The molecule has 0 bridgehead atoms. The molecule has 0 amide bonds. The molecule has 0 saturated carbocycles. The fraction of sp³-hybridized carbons (Fsp3) is 0.385. The Morgan fingerprint density at radius 2 is 1.94 bits per heavy atom. The molecule has 1 aromatic rings. The van der Waals surface area contributed by atoms with E-state index in [0.29, 0.717) is 23.1 Å². The van der Waals surface area contributed by atoms with Gasteiger partial charge < -0.3 is 14.8 Å². The number of benzene rings is 1. The quantitative estimate of drug-likeness (QED) is 0.786. The van der Waals surface area contributed by atoms with E-state index in [0.717, 1.165) is 17.7 Å². The van der Waals surface area contributed by atoms with E-state index in [-0.39, 0.29) is 0 Å². The summed E-state index contributed by atoms with van der Waals surface area (Å²) in [6.45, 7) is 6.71. The molecule has 0 aliphatic carbocycles. The Kier molecular flexibility index (Phi) is 5.16. The van der Waals surface area contributed by atoms with Crippen molar-refractivity contribution in [3.05, 3.63) is 29.3 Å². The highest BCUT2D eigenvalue weighted by Gasteiger charge is 2.09. The number of ether oxygens (including phenoxy) is 2. The standard InChI is InChI=1S/C13H18ClNO2/c1-5-9(2)8-15-11-6-10(14)12(16-3)7-13(11)17-4/h6-7,15H,2,5,8H2,1,3-4H3. The molecule has 94 valence electrons. The van der Waals surface area contributed by atoms with Crippen LogP contribution in [0.4, 0.5) is 5.69 Å². The van der Waals surface area contributed by atoms with Gasteiger partial charge in [-0.2, -0.15) is 0 Å². The lowest BCUT2D eigenvalue weighted by atomic mass is 10.2. The topological polar surface area (TPSA) is 30.5 Å². The van der Waals surface area contributed by atoms with Gasteiger partial charge in [0.05, 0.1) is 24.9 Å². The molecular weight excluding hydrogens is 238 g/mol. The summed E-state index contributed by atoms with van der Waals surface area (Å²) >= 11 is 6.06. The van der Waals surface area contributed by atoms with Crippen molar-refractivity contribution in [2.24, 2.45) is 0 Å². The summed E-state index contributed by atoms with van der Waals surface area (Å²) < 4.78 is 10.4. The van der Waals surface area contributed by atoms with Crippen molar-refractivity contribution in [2.45, 2.75) is 13.3 Å². The number of methoxy groups -OCH3 is 2. The lowest BCUT2D eigenvalue weighted by molar-refractivity contribution is 0.395. The summed E-state index contributed by atoms with van der Waals surface area (Å²) in [5, 5.41) is 3.80. The Labute approximate surface area is 107 Å². The third kappa shape index (κ3) is 3.56. The maximum atomic E-state index is 6.06. The first-order chi connectivity index (χ1) is 8.12. The van der Waals surface area contributed by atoms with Crippen molar-refractivity contribution in [1.29, 1.82) is 0 Å². The predicted octanol–water partition coefficient (Wildman–Crippen LogP) is 3.74. The predicted molar refractivity (Wildman–Crippen MR) is 72.5 cm³/mol. The van der Waals surface area contributed by atoms with Crippen LogP contribution in [0.1, 0.15) is 13.3 Å². The second-order valence-corrected chi connectivity index (χ2v) is 4.05. The first-order valence-electron chi connectivity index (χ1n) is 5.44. The lowest BCUT2D eigenvalue weighted by Crippen LogP contribution is -2.05. The zero-order valence-electron chi connectivity index (χ0n) is 10.5. The zero-order chi connectivity index (χ0) is 12.8. The van der Waals surface area contributed by atoms with Gasteiger partial charge in [0.15, 0.2) is 0 Å². The third-order valence-corrected chi connectivity index (χ3v) is 2.80. The lowest BCUT2D eigenvalue weighted by Gasteiger charge is -2.14. The summed E-state index contributed by atoms with van der Waals surface area (Å²) in [5.41, 5.74) is 1.96. The Balaban J connectivity index is 2.90. The van der Waals surface area contributed by atoms with Crippen LogP contribution in [0.2, 0.25) is 5.02 Å². The van der Waals surface area contributed by atoms with Gasteiger partial charge in [-0.1, -0.05) is 30.7 Å². The van der Waals surface area contributed by atoms with Gasteiger partial charge in [-0.15, -0.1) is 0 Å². The average molecular weight is 256 g/mol. The fourth-order valence-electron chi connectivity index (χ4n) is 1.34. The molecule has 0 unspecified atom stereocenters. The molecule has 0 heterocycles. The van der Waals surface area contributed by atoms with Crippen LogP contribution in [0, 0.1) is 0 Å². The van der Waals surface area contributed by atoms with Crippen LogP contribution in [-0.2, 0) is 0 Å². The average Bonchev–Trinajstić information content (AvgIpc) is 2.35. The van der Waals surface area contributed by atoms with Crippen LogP contribution in [-0.4, -0.2) is 20.8 Å². The van der Waals surface area contributed by atoms with E-state index in [1.807, 2.05) is 0 Å². The van der Waals surface area contributed by atoms with Gasteiger partial charge in [-0.3, -0.25) is 0 Å². The van der Waals surface area contributed by atoms with Gasteiger partial charge in [-0.25, -0.2) is 0 Å². The molecule has 17 heavy (non-hydrogen) atoms. The number of hydrogen-bond donors (Lipinski definition) is 1. The highest BCUT2D eigenvalue weighted by molar-refractivity contribution is 6.32. The van der Waals surface area contributed by atoms with Crippen molar-refractivity contribution in [3.8, 4) is 11.5 Å². The molecule has 1 aromatic carbocycles. The van der Waals surface area contributed by atoms with Gasteiger partial charge >= 0.3 is 0 Å². The third-order valence-electron chi connectivity index (χ3n) is 2.50. The van der Waals surface area contributed by atoms with Crippen LogP contribution >= 0.6 is 11.6 Å². The number of hydrogen-bond acceptors (Lipinski definition) is 3. The van der Waals surface area contributed by atoms with Crippen LogP contribution in [0.25, 0.3) is 0 Å². The minimum Gasteiger partial charge on any atom is -0.495 e. The molecule has 1 rings (SSSR count). The summed E-state index contributed by atoms with van der Waals surface area (Å²) in [7, 11) is 3.19. The van der Waals surface area contributed by atoms with Crippen LogP contribution in [0.3, 0.4) is 0 Å². The van der Waals surface area contributed by atoms with E-state index in [1.54, 1.807) is 26.4 Å². The summed E-state index contributed by atoms with van der Waals surface area (Å²) in [6, 6.07) is 3.56. The summed E-state index contributed by atoms with van der Waals surface area (Å²) in [6.07, 6.45) is 0.944. The Morgan fingerprint density at radius 1 is 1.29 bits per heavy atom. The number of nitrogens with one attached hydrogen (secondary N) is 1. The van der Waals surface area contributed by atoms with Crippen molar-refractivity contribution in [2.75, 3.05) is 26.1 Å². The first-order valence-corrected chi connectivity index (χ1v) is 5.82. The molecule has 0 aromatic heterocycles. The molecule has 0 aliphatic rings. The number of anilines is 1. The maximum absolute atomic E-state index is 6.06. The van der Waals surface area contributed by atoms with E-state index in [1.165, 1.54) is 0 Å². The van der Waals surface area contributed by atoms with Gasteiger partial charge in [-0.05, 0) is 12.5 Å². The summed E-state index contributed by atoms with van der Waals surface area (Å²) in [5.74, 6) is 1.30. The Morgan fingerprint density at radius 3 is 2.47 bits per heavy atom. The zero-order valence-corrected chi connectivity index (χ0v) is 11.2. The van der Waals surface area contributed by atoms with E-state index in [2.05, 4.69) is 18.8 Å². The van der Waals surface area contributed by atoms with Gasteiger partial charge in [0, 0.05) is 12.6 Å². The van der Waals surface area contributed by atoms with Crippen LogP contribution in [0.5, 0.6) is 11.5 Å². The first kappa shape index (κ1) is 13.7. The number of halogens is 1. The SMILES string of the molecule is C=C(CC)CNc1cc(Cl)c(OC)cc1OC. The van der Waals surface area contributed by atoms with E-state index in [9.17, 15) is 0 Å². The van der Waals surface area contributed by atoms with Crippen molar-refractivity contribution in [1.82, 2.24) is 0 Å². The minimum atomic E-state index is 0.554. The highest BCUT2D eigenvalue weighted by Crippen LogP contribution is 2.35. The van der Waals surface area contributed by atoms with Crippen molar-refractivity contribution in [3.63, 3.8) is 0 Å². The second-order valence-electron chi connectivity index (χ2n) is 3.64. The normalized spacial score (nSPS) is 9.88. The smallest absolute Gasteiger partial charge is 0.145 e. The molecule has 0 fully saturated rings. The second kappa shape index (κ2) is 6.40. The Hall–Kier alpha value is -1.35. The summed E-state index contributed by atoms with van der Waals surface area (Å²) in [4.78, 5) is 0. The van der Waals surface area contributed by atoms with E-state index in [4.69, 9.17) is 21.1 Å². The molecular formula is C13H18ClNO2. The highest BCUT2D eigenvalue weighted by atomic mass is 35.5. The largest absolute Gasteiger partial charge is 0.495 e. The molecule has 0 spiro atoms. The van der Waals surface area contributed by atoms with Crippen LogP contribution in [0.15, 0.2) is 24.3 Å². The molecule has 3 nitrogen and oxygen atoms in total. The maximum Gasteiger partial charge on any atom is 0.145 e. The monoisotopic (exact) mass is 255 g/mol. The molecule has 4 heteroatoms. The van der Waals surface area contributed by atoms with Gasteiger partial charge in [0.2, 0.25) is 0 Å². The Bertz CT molecular complexity index is 405. The van der Waals surface area contributed by atoms with Gasteiger partial charge in [0.1, 0.15) is 11.5 Å². The molecule has 0 aliphatic heterocycles. The minimum absolute atomic E-state index is 0.554. The van der Waals surface area contributed by atoms with Gasteiger partial charge in [0.25, 0.3) is 0 Å². The van der Waals surface area contributed by atoms with Crippen molar-refractivity contribution >= 4 is 17.3 Å². The molecule has 1 N–H and O–H groups in total. The van der Waals surface area contributed by atoms with E-state index >= 15 is 0 Å². The molecule has 0 saturated heterocycles. The van der Waals surface area contributed by atoms with Crippen LogP contribution < -0.4 is 14.8 Å². The van der Waals surface area contributed by atoms with E-state index < -0.39 is 0 Å². The fourth-order valence-corrected chi connectivity index (χ4v) is 1.58. The molecule has 0 radical (unpaired) electrons. The molecule has 0 atom stereocenters. The van der Waals surface area contributed by atoms with Crippen molar-refractivity contribution < 1.29 is 9.47 Å². The number of rotatable bonds is 6.